The Kier molecular flexibility index (Phi) is 4.40. The van der Waals surface area contributed by atoms with Gasteiger partial charge in [-0.05, 0) is 48.6 Å². The second kappa shape index (κ2) is 5.67. The van der Waals surface area contributed by atoms with E-state index in [-0.39, 0.29) is 11.3 Å². The first kappa shape index (κ1) is 14.0. The van der Waals surface area contributed by atoms with Crippen LogP contribution in [0.25, 0.3) is 0 Å². The summed E-state index contributed by atoms with van der Waals surface area (Å²) in [5.74, 6) is 0.182. The molecule has 0 aromatic heterocycles. The quantitative estimate of drug-likeness (QED) is 0.614. The zero-order valence-electron chi connectivity index (χ0n) is 10.8. The summed E-state index contributed by atoms with van der Waals surface area (Å²) in [5.41, 5.74) is 0.731. The smallest absolute Gasteiger partial charge is 0.176 e. The number of carbonyl (C=O) groups is 1. The van der Waals surface area contributed by atoms with E-state index in [9.17, 15) is 4.79 Å². The molecule has 0 radical (unpaired) electrons. The van der Waals surface area contributed by atoms with Gasteiger partial charge < -0.3 is 4.74 Å². The van der Waals surface area contributed by atoms with Crippen LogP contribution >= 0.6 is 22.6 Å². The van der Waals surface area contributed by atoms with Crippen LogP contribution in [-0.2, 0) is 4.74 Å². The zero-order valence-corrected chi connectivity index (χ0v) is 12.9. The highest BCUT2D eigenvalue weighted by Crippen LogP contribution is 2.19. The van der Waals surface area contributed by atoms with Gasteiger partial charge in [0, 0.05) is 21.2 Å². The van der Waals surface area contributed by atoms with E-state index in [2.05, 4.69) is 41.3 Å². The van der Waals surface area contributed by atoms with Crippen LogP contribution in [0.4, 0.5) is 0 Å². The number of ether oxygens (including phenoxy) is 1. The van der Waals surface area contributed by atoms with Gasteiger partial charge in [0.1, 0.15) is 0 Å². The third kappa shape index (κ3) is 3.30. The van der Waals surface area contributed by atoms with Crippen molar-refractivity contribution < 1.29 is 9.53 Å². The molecule has 98 valence electrons. The van der Waals surface area contributed by atoms with Gasteiger partial charge >= 0.3 is 0 Å². The van der Waals surface area contributed by atoms with Crippen LogP contribution in [0, 0.1) is 3.57 Å². The van der Waals surface area contributed by atoms with E-state index >= 15 is 0 Å². The van der Waals surface area contributed by atoms with Crippen molar-refractivity contribution in [3.8, 4) is 0 Å². The molecule has 0 saturated carbocycles. The monoisotopic (exact) mass is 359 g/mol. The average molecular weight is 359 g/mol. The second-order valence-electron chi connectivity index (χ2n) is 5.22. The molecule has 1 aliphatic rings. The van der Waals surface area contributed by atoms with E-state index in [1.54, 1.807) is 0 Å². The first-order valence-electron chi connectivity index (χ1n) is 6.10. The lowest BCUT2D eigenvalue weighted by molar-refractivity contribution is -0.0467. The van der Waals surface area contributed by atoms with E-state index in [1.165, 1.54) is 0 Å². The van der Waals surface area contributed by atoms with Gasteiger partial charge in [-0.25, -0.2) is 0 Å². The molecule has 4 heteroatoms. The summed E-state index contributed by atoms with van der Waals surface area (Å²) in [6.07, 6.45) is 0. The molecule has 0 bridgehead atoms. The van der Waals surface area contributed by atoms with Crippen molar-refractivity contribution in [3.63, 3.8) is 0 Å². The van der Waals surface area contributed by atoms with Crippen molar-refractivity contribution in [2.75, 3.05) is 26.3 Å². The number of Topliss-reactive ketones (excluding diaryl/α,β-unsaturated/α-hetero) is 1. The van der Waals surface area contributed by atoms with Crippen LogP contribution < -0.4 is 0 Å². The van der Waals surface area contributed by atoms with Crippen molar-refractivity contribution in [2.45, 2.75) is 19.4 Å². The highest BCUT2D eigenvalue weighted by Gasteiger charge is 2.31. The highest BCUT2D eigenvalue weighted by molar-refractivity contribution is 14.1. The standard InChI is InChI=1S/C14H18INO2/c1-14(2)10-18-8-7-16(14)9-13(17)11-3-5-12(15)6-4-11/h3-6H,7-10H2,1-2H3. The van der Waals surface area contributed by atoms with E-state index in [1.807, 2.05) is 24.3 Å². The molecule has 0 aliphatic carbocycles. The Morgan fingerprint density at radius 1 is 1.39 bits per heavy atom. The second-order valence-corrected chi connectivity index (χ2v) is 6.46. The van der Waals surface area contributed by atoms with Gasteiger partial charge in [0.15, 0.2) is 5.78 Å². The Hall–Kier alpha value is -0.460. The molecule has 0 unspecified atom stereocenters. The molecule has 1 fully saturated rings. The first-order chi connectivity index (χ1) is 8.49. The summed E-state index contributed by atoms with van der Waals surface area (Å²) in [7, 11) is 0. The minimum absolute atomic E-state index is 0.0584. The predicted molar refractivity (Wildman–Crippen MR) is 80.0 cm³/mol. The van der Waals surface area contributed by atoms with Gasteiger partial charge in [0.2, 0.25) is 0 Å². The Bertz CT molecular complexity index is 428. The lowest BCUT2D eigenvalue weighted by Crippen LogP contribution is -2.54. The third-order valence-electron chi connectivity index (χ3n) is 3.32. The normalized spacial score (nSPS) is 19.7. The minimum Gasteiger partial charge on any atom is -0.378 e. The highest BCUT2D eigenvalue weighted by atomic mass is 127. The number of nitrogens with zero attached hydrogens (tertiary/aromatic N) is 1. The molecule has 1 aromatic rings. The maximum Gasteiger partial charge on any atom is 0.176 e. The number of carbonyl (C=O) groups excluding carboxylic acids is 1. The molecule has 0 spiro atoms. The fourth-order valence-electron chi connectivity index (χ4n) is 2.08. The van der Waals surface area contributed by atoms with Crippen molar-refractivity contribution in [2.24, 2.45) is 0 Å². The number of ketones is 1. The molecular formula is C14H18INO2. The SMILES string of the molecule is CC1(C)COCCN1CC(=O)c1ccc(I)cc1. The van der Waals surface area contributed by atoms with Crippen LogP contribution in [-0.4, -0.2) is 42.5 Å². The maximum atomic E-state index is 12.2. The van der Waals surface area contributed by atoms with Crippen LogP contribution in [0.15, 0.2) is 24.3 Å². The van der Waals surface area contributed by atoms with Crippen molar-refractivity contribution in [1.82, 2.24) is 4.90 Å². The van der Waals surface area contributed by atoms with Gasteiger partial charge in [0.25, 0.3) is 0 Å². The number of benzene rings is 1. The molecule has 1 aliphatic heterocycles. The van der Waals surface area contributed by atoms with E-state index < -0.39 is 0 Å². The summed E-state index contributed by atoms with van der Waals surface area (Å²) in [6.45, 7) is 6.93. The Balaban J connectivity index is 2.04. The Morgan fingerprint density at radius 3 is 2.67 bits per heavy atom. The molecule has 18 heavy (non-hydrogen) atoms. The molecule has 0 amide bonds. The van der Waals surface area contributed by atoms with Gasteiger partial charge in [-0.3, -0.25) is 9.69 Å². The summed E-state index contributed by atoms with van der Waals surface area (Å²) in [6, 6.07) is 7.74. The number of hydrogen-bond donors (Lipinski definition) is 0. The minimum atomic E-state index is -0.0584. The number of rotatable bonds is 3. The zero-order chi connectivity index (χ0) is 13.2. The molecule has 2 rings (SSSR count). The molecule has 0 N–H and O–H groups in total. The largest absolute Gasteiger partial charge is 0.378 e. The molecule has 3 nitrogen and oxygen atoms in total. The summed E-state index contributed by atoms with van der Waals surface area (Å²) in [5, 5.41) is 0. The topological polar surface area (TPSA) is 29.5 Å². The van der Waals surface area contributed by atoms with E-state index in [4.69, 9.17) is 4.74 Å². The van der Waals surface area contributed by atoms with Gasteiger partial charge in [-0.15, -0.1) is 0 Å². The third-order valence-corrected chi connectivity index (χ3v) is 4.04. The summed E-state index contributed by atoms with van der Waals surface area (Å²) < 4.78 is 6.61. The van der Waals surface area contributed by atoms with Crippen LogP contribution in [0.2, 0.25) is 0 Å². The predicted octanol–water partition coefficient (Wildman–Crippen LogP) is 2.58. The fourth-order valence-corrected chi connectivity index (χ4v) is 2.44. The summed E-state index contributed by atoms with van der Waals surface area (Å²) in [4.78, 5) is 14.4. The molecular weight excluding hydrogens is 341 g/mol. The van der Waals surface area contributed by atoms with Crippen LogP contribution in [0.1, 0.15) is 24.2 Å². The van der Waals surface area contributed by atoms with E-state index in [0.717, 1.165) is 15.7 Å². The number of morpholine rings is 1. The molecule has 0 atom stereocenters. The Morgan fingerprint density at radius 2 is 2.06 bits per heavy atom. The summed E-state index contributed by atoms with van der Waals surface area (Å²) >= 11 is 2.24. The first-order valence-corrected chi connectivity index (χ1v) is 7.18. The maximum absolute atomic E-state index is 12.2. The lowest BCUT2D eigenvalue weighted by Gasteiger charge is -2.41. The van der Waals surface area contributed by atoms with Gasteiger partial charge in [-0.1, -0.05) is 12.1 Å². The fraction of sp³-hybridized carbons (Fsp3) is 0.500. The van der Waals surface area contributed by atoms with Crippen molar-refractivity contribution >= 4 is 28.4 Å². The molecule has 1 heterocycles. The van der Waals surface area contributed by atoms with Crippen molar-refractivity contribution in [1.29, 1.82) is 0 Å². The molecule has 1 aromatic carbocycles. The number of halogens is 1. The van der Waals surface area contributed by atoms with Crippen LogP contribution in [0.3, 0.4) is 0 Å². The lowest BCUT2D eigenvalue weighted by atomic mass is 10.0. The van der Waals surface area contributed by atoms with Gasteiger partial charge in [0.05, 0.1) is 19.8 Å². The van der Waals surface area contributed by atoms with Gasteiger partial charge in [-0.2, -0.15) is 0 Å². The van der Waals surface area contributed by atoms with E-state index in [0.29, 0.717) is 19.8 Å². The average Bonchev–Trinajstić information content (AvgIpc) is 2.32. The Labute approximate surface area is 122 Å². The molecule has 1 saturated heterocycles. The number of hydrogen-bond acceptors (Lipinski definition) is 3. The van der Waals surface area contributed by atoms with Crippen molar-refractivity contribution in [3.05, 3.63) is 33.4 Å². The van der Waals surface area contributed by atoms with Crippen LogP contribution in [0.5, 0.6) is 0 Å².